The van der Waals surface area contributed by atoms with E-state index in [9.17, 15) is 14.7 Å². The van der Waals surface area contributed by atoms with Gasteiger partial charge in [-0.1, -0.05) is 23.4 Å². The highest BCUT2D eigenvalue weighted by atomic mass is 32.1. The van der Waals surface area contributed by atoms with Gasteiger partial charge in [-0.05, 0) is 55.8 Å². The Kier molecular flexibility index (Phi) is 7.19. The molecule has 0 spiro atoms. The quantitative estimate of drug-likeness (QED) is 0.361. The predicted octanol–water partition coefficient (Wildman–Crippen LogP) is 3.57. The number of ether oxygens (including phenoxy) is 3. The van der Waals surface area contributed by atoms with Gasteiger partial charge in [-0.25, -0.2) is 9.48 Å². The van der Waals surface area contributed by atoms with Gasteiger partial charge in [0.1, 0.15) is 34.8 Å². The number of carbonyl (C=O) groups is 1. The van der Waals surface area contributed by atoms with Crippen molar-refractivity contribution in [3.05, 3.63) is 75.4 Å². The number of esters is 1. The second-order valence-electron chi connectivity index (χ2n) is 7.38. The van der Waals surface area contributed by atoms with Crippen LogP contribution < -0.4 is 15.0 Å². The molecule has 9 nitrogen and oxygen atoms in total. The molecule has 0 amide bonds. The number of carbonyl (C=O) groups excluding carboxylic acids is 1. The highest BCUT2D eigenvalue weighted by Gasteiger charge is 2.21. The summed E-state index contributed by atoms with van der Waals surface area (Å²) in [5.74, 6) is 1.43. The van der Waals surface area contributed by atoms with Crippen LogP contribution in [0, 0.1) is 6.92 Å². The van der Waals surface area contributed by atoms with Gasteiger partial charge in [0.2, 0.25) is 0 Å². The number of aliphatic hydroxyl groups excluding tert-OH is 1. The summed E-state index contributed by atoms with van der Waals surface area (Å²) in [4.78, 5) is 25.7. The van der Waals surface area contributed by atoms with Crippen LogP contribution in [0.2, 0.25) is 0 Å². The predicted molar refractivity (Wildman–Crippen MR) is 127 cm³/mol. The van der Waals surface area contributed by atoms with Crippen LogP contribution in [-0.4, -0.2) is 45.4 Å². The average Bonchev–Trinajstić information content (AvgIpc) is 3.18. The molecule has 0 unspecified atom stereocenters. The zero-order valence-corrected chi connectivity index (χ0v) is 19.4. The Morgan fingerprint density at radius 2 is 1.76 bits per heavy atom. The topological polar surface area (TPSA) is 113 Å². The van der Waals surface area contributed by atoms with Crippen LogP contribution in [0.3, 0.4) is 0 Å². The molecule has 0 saturated carbocycles. The summed E-state index contributed by atoms with van der Waals surface area (Å²) in [6.07, 6.45) is -1.01. The monoisotopic (exact) mass is 481 g/mol. The maximum absolute atomic E-state index is 12.9. The number of hydrogen-bond donors (Lipinski definition) is 1. The van der Waals surface area contributed by atoms with E-state index in [0.29, 0.717) is 32.2 Å². The Morgan fingerprint density at radius 1 is 1.09 bits per heavy atom. The minimum Gasteiger partial charge on any atom is -0.491 e. The van der Waals surface area contributed by atoms with Crippen molar-refractivity contribution in [1.82, 2.24) is 15.0 Å². The van der Waals surface area contributed by atoms with Gasteiger partial charge in [0.05, 0.1) is 18.5 Å². The van der Waals surface area contributed by atoms with Crippen LogP contribution >= 0.6 is 11.3 Å². The normalized spacial score (nSPS) is 11.9. The minimum atomic E-state index is -1.01. The first kappa shape index (κ1) is 23.4. The number of nitrogens with zero attached hydrogens (tertiary/aromatic N) is 3. The SMILES string of the molecule is CCOC(=O)c1sc2nnn(C[C@@H](O)COc3ccc(Oc4ccccc4)cc3)c(=O)c2c1C. The highest BCUT2D eigenvalue weighted by Crippen LogP contribution is 2.27. The van der Waals surface area contributed by atoms with Crippen molar-refractivity contribution in [1.29, 1.82) is 0 Å². The minimum absolute atomic E-state index is 0.0538. The molecule has 0 fully saturated rings. The molecule has 0 aliphatic heterocycles. The summed E-state index contributed by atoms with van der Waals surface area (Å²) in [5.41, 5.74) is 0.0615. The van der Waals surface area contributed by atoms with Gasteiger partial charge in [0.25, 0.3) is 5.56 Å². The molecule has 0 radical (unpaired) electrons. The van der Waals surface area contributed by atoms with E-state index in [4.69, 9.17) is 14.2 Å². The molecular weight excluding hydrogens is 458 g/mol. The molecule has 4 aromatic rings. The maximum Gasteiger partial charge on any atom is 0.348 e. The fourth-order valence-corrected chi connectivity index (χ4v) is 4.28. The lowest BCUT2D eigenvalue weighted by Crippen LogP contribution is -2.32. The maximum atomic E-state index is 12.9. The Balaban J connectivity index is 1.39. The van der Waals surface area contributed by atoms with E-state index < -0.39 is 17.6 Å². The first-order chi connectivity index (χ1) is 16.5. The second-order valence-corrected chi connectivity index (χ2v) is 8.38. The van der Waals surface area contributed by atoms with Crippen molar-refractivity contribution >= 4 is 27.5 Å². The zero-order valence-electron chi connectivity index (χ0n) is 18.6. The molecule has 0 aliphatic carbocycles. The molecule has 4 rings (SSSR count). The summed E-state index contributed by atoms with van der Waals surface area (Å²) in [6, 6.07) is 16.4. The molecule has 1 N–H and O–H groups in total. The van der Waals surface area contributed by atoms with E-state index in [2.05, 4.69) is 10.3 Å². The van der Waals surface area contributed by atoms with Gasteiger partial charge in [0.15, 0.2) is 4.83 Å². The lowest BCUT2D eigenvalue weighted by atomic mass is 10.2. The third-order valence-corrected chi connectivity index (χ3v) is 6.07. The summed E-state index contributed by atoms with van der Waals surface area (Å²) < 4.78 is 17.5. The number of aliphatic hydroxyl groups is 1. The molecule has 2 aromatic carbocycles. The summed E-state index contributed by atoms with van der Waals surface area (Å²) in [7, 11) is 0. The molecular formula is C24H23N3O6S. The number of rotatable bonds is 9. The van der Waals surface area contributed by atoms with Crippen LogP contribution in [0.15, 0.2) is 59.4 Å². The van der Waals surface area contributed by atoms with E-state index in [1.54, 1.807) is 38.1 Å². The van der Waals surface area contributed by atoms with Crippen LogP contribution in [0.25, 0.3) is 10.2 Å². The van der Waals surface area contributed by atoms with Crippen LogP contribution in [0.1, 0.15) is 22.2 Å². The van der Waals surface area contributed by atoms with Gasteiger partial charge in [0, 0.05) is 0 Å². The van der Waals surface area contributed by atoms with Crippen LogP contribution in [-0.2, 0) is 11.3 Å². The first-order valence-electron chi connectivity index (χ1n) is 10.6. The molecule has 0 saturated heterocycles. The molecule has 10 heteroatoms. The fraction of sp³-hybridized carbons (Fsp3) is 0.250. The van der Waals surface area contributed by atoms with Crippen molar-refractivity contribution in [3.8, 4) is 17.2 Å². The van der Waals surface area contributed by atoms with Crippen molar-refractivity contribution in [2.24, 2.45) is 0 Å². The van der Waals surface area contributed by atoms with Gasteiger partial charge < -0.3 is 19.3 Å². The van der Waals surface area contributed by atoms with E-state index in [-0.39, 0.29) is 19.8 Å². The number of hydrogen-bond acceptors (Lipinski definition) is 9. The molecule has 2 aromatic heterocycles. The van der Waals surface area contributed by atoms with Gasteiger partial charge in [-0.15, -0.1) is 16.4 Å². The summed E-state index contributed by atoms with van der Waals surface area (Å²) in [6.45, 7) is 3.45. The molecule has 0 aliphatic rings. The molecule has 34 heavy (non-hydrogen) atoms. The lowest BCUT2D eigenvalue weighted by molar-refractivity contribution is 0.0531. The van der Waals surface area contributed by atoms with Gasteiger partial charge >= 0.3 is 5.97 Å². The zero-order chi connectivity index (χ0) is 24.1. The van der Waals surface area contributed by atoms with Crippen molar-refractivity contribution in [2.75, 3.05) is 13.2 Å². The molecule has 176 valence electrons. The van der Waals surface area contributed by atoms with Crippen molar-refractivity contribution in [2.45, 2.75) is 26.5 Å². The van der Waals surface area contributed by atoms with Gasteiger partial charge in [-0.3, -0.25) is 4.79 Å². The summed E-state index contributed by atoms with van der Waals surface area (Å²) in [5, 5.41) is 18.6. The third kappa shape index (κ3) is 5.24. The second kappa shape index (κ2) is 10.4. The summed E-state index contributed by atoms with van der Waals surface area (Å²) >= 11 is 1.06. The molecule has 0 bridgehead atoms. The van der Waals surface area contributed by atoms with E-state index in [1.165, 1.54) is 0 Å². The Morgan fingerprint density at radius 3 is 2.47 bits per heavy atom. The Bertz CT molecular complexity index is 1330. The third-order valence-electron chi connectivity index (χ3n) is 4.91. The van der Waals surface area contributed by atoms with Crippen molar-refractivity contribution < 1.29 is 24.1 Å². The number of fused-ring (bicyclic) bond motifs is 1. The number of benzene rings is 2. The Hall–Kier alpha value is -3.76. The first-order valence-corrected chi connectivity index (χ1v) is 11.5. The molecule has 1 atom stereocenters. The highest BCUT2D eigenvalue weighted by molar-refractivity contribution is 7.20. The lowest BCUT2D eigenvalue weighted by Gasteiger charge is -2.13. The van der Waals surface area contributed by atoms with E-state index in [0.717, 1.165) is 21.8 Å². The number of para-hydroxylation sites is 1. The fourth-order valence-electron chi connectivity index (χ4n) is 3.27. The van der Waals surface area contributed by atoms with E-state index in [1.807, 2.05) is 30.3 Å². The van der Waals surface area contributed by atoms with Gasteiger partial charge in [-0.2, -0.15) is 0 Å². The number of thiophene rings is 1. The Labute approximate surface area is 199 Å². The number of aryl methyl sites for hydroxylation is 1. The van der Waals surface area contributed by atoms with E-state index >= 15 is 0 Å². The van der Waals surface area contributed by atoms with Crippen LogP contribution in [0.4, 0.5) is 0 Å². The largest absolute Gasteiger partial charge is 0.491 e. The standard InChI is InChI=1S/C24H23N3O6S/c1-3-31-24(30)21-15(2)20-22(34-21)25-26-27(23(20)29)13-16(28)14-32-17-9-11-19(12-10-17)33-18-7-5-4-6-8-18/h4-12,16,28H,3,13-14H2,1-2H3/t16-/m1/s1. The smallest absolute Gasteiger partial charge is 0.348 e. The molecule has 2 heterocycles. The number of aromatic nitrogens is 3. The average molecular weight is 482 g/mol. The van der Waals surface area contributed by atoms with Crippen LogP contribution in [0.5, 0.6) is 17.2 Å². The van der Waals surface area contributed by atoms with Crippen molar-refractivity contribution in [3.63, 3.8) is 0 Å².